The van der Waals surface area contributed by atoms with E-state index in [1.54, 1.807) is 0 Å². The van der Waals surface area contributed by atoms with Crippen LogP contribution in [0.5, 0.6) is 0 Å². The molecule has 5 heteroatoms. The minimum Gasteiger partial charge on any atom is -0.480 e. The molecule has 0 aromatic rings. The van der Waals surface area contributed by atoms with Crippen molar-refractivity contribution in [3.05, 3.63) is 0 Å². The van der Waals surface area contributed by atoms with Crippen LogP contribution in [0.2, 0.25) is 0 Å². The molecule has 15 heavy (non-hydrogen) atoms. The number of aliphatic carboxylic acids is 1. The Hall–Kier alpha value is -1.10. The Morgan fingerprint density at radius 3 is 2.93 bits per heavy atom. The highest BCUT2D eigenvalue weighted by atomic mass is 16.6. The van der Waals surface area contributed by atoms with E-state index in [0.29, 0.717) is 6.61 Å². The highest BCUT2D eigenvalue weighted by Gasteiger charge is 2.26. The van der Waals surface area contributed by atoms with Crippen LogP contribution in [-0.2, 0) is 9.63 Å². The van der Waals surface area contributed by atoms with Crippen LogP contribution in [0, 0.1) is 0 Å². The standard InChI is InChI=1S/C10H18N2O3/c1-8(2)11-15-7-9-4-3-5-12(9)6-10(13)14/h9H,3-7H2,1-2H3,(H,13,14)/t9-/m0/s1. The van der Waals surface area contributed by atoms with E-state index >= 15 is 0 Å². The SMILES string of the molecule is CC(C)=NOC[C@@H]1CCCN1CC(=O)O. The van der Waals surface area contributed by atoms with Gasteiger partial charge in [0.2, 0.25) is 0 Å². The average Bonchev–Trinajstić information content (AvgIpc) is 2.51. The molecule has 1 saturated heterocycles. The fourth-order valence-electron chi connectivity index (χ4n) is 1.72. The second-order valence-corrected chi connectivity index (χ2v) is 3.99. The van der Waals surface area contributed by atoms with Crippen molar-refractivity contribution in [2.45, 2.75) is 32.7 Å². The van der Waals surface area contributed by atoms with Gasteiger partial charge in [-0.2, -0.15) is 0 Å². The van der Waals surface area contributed by atoms with Gasteiger partial charge in [0.15, 0.2) is 0 Å². The maximum atomic E-state index is 10.6. The van der Waals surface area contributed by atoms with E-state index in [4.69, 9.17) is 9.94 Å². The summed E-state index contributed by atoms with van der Waals surface area (Å²) in [6.07, 6.45) is 2.03. The third kappa shape index (κ3) is 4.29. The first kappa shape index (κ1) is 12.0. The van der Waals surface area contributed by atoms with Gasteiger partial charge in [-0.15, -0.1) is 0 Å². The monoisotopic (exact) mass is 214 g/mol. The summed E-state index contributed by atoms with van der Waals surface area (Å²) in [7, 11) is 0. The predicted molar refractivity (Wildman–Crippen MR) is 57.0 cm³/mol. The van der Waals surface area contributed by atoms with E-state index in [9.17, 15) is 4.79 Å². The molecule has 1 atom stereocenters. The van der Waals surface area contributed by atoms with Crippen molar-refractivity contribution in [2.75, 3.05) is 19.7 Å². The number of carboxylic acids is 1. The molecule has 5 nitrogen and oxygen atoms in total. The Balaban J connectivity index is 2.33. The van der Waals surface area contributed by atoms with Crippen LogP contribution in [0.4, 0.5) is 0 Å². The molecule has 0 bridgehead atoms. The van der Waals surface area contributed by atoms with Crippen LogP contribution in [0.25, 0.3) is 0 Å². The lowest BCUT2D eigenvalue weighted by Crippen LogP contribution is -2.36. The molecule has 0 unspecified atom stereocenters. The summed E-state index contributed by atoms with van der Waals surface area (Å²) in [6.45, 7) is 5.16. The van der Waals surface area contributed by atoms with Gasteiger partial charge in [-0.25, -0.2) is 0 Å². The van der Waals surface area contributed by atoms with Crippen molar-refractivity contribution in [3.8, 4) is 0 Å². The van der Waals surface area contributed by atoms with E-state index in [2.05, 4.69) is 5.16 Å². The van der Waals surface area contributed by atoms with E-state index in [0.717, 1.165) is 25.1 Å². The average molecular weight is 214 g/mol. The van der Waals surface area contributed by atoms with Crippen LogP contribution in [0.1, 0.15) is 26.7 Å². The van der Waals surface area contributed by atoms with Crippen molar-refractivity contribution >= 4 is 11.7 Å². The van der Waals surface area contributed by atoms with Crippen LogP contribution in [0.3, 0.4) is 0 Å². The summed E-state index contributed by atoms with van der Waals surface area (Å²) in [5.41, 5.74) is 0.873. The van der Waals surface area contributed by atoms with Gasteiger partial charge in [0, 0.05) is 6.04 Å². The van der Waals surface area contributed by atoms with Crippen molar-refractivity contribution in [1.82, 2.24) is 4.90 Å². The Kier molecular flexibility index (Phi) is 4.55. The lowest BCUT2D eigenvalue weighted by molar-refractivity contribution is -0.138. The van der Waals surface area contributed by atoms with Gasteiger partial charge in [-0.3, -0.25) is 9.69 Å². The molecule has 86 valence electrons. The first-order chi connectivity index (χ1) is 7.09. The molecule has 0 saturated carbocycles. The molecule has 0 aliphatic carbocycles. The number of carboxylic acid groups (broad SMARTS) is 1. The van der Waals surface area contributed by atoms with Crippen molar-refractivity contribution in [2.24, 2.45) is 5.16 Å². The zero-order valence-corrected chi connectivity index (χ0v) is 9.27. The molecule has 0 aromatic heterocycles. The zero-order valence-electron chi connectivity index (χ0n) is 9.27. The summed E-state index contributed by atoms with van der Waals surface area (Å²) >= 11 is 0. The van der Waals surface area contributed by atoms with Crippen molar-refractivity contribution in [3.63, 3.8) is 0 Å². The fourth-order valence-corrected chi connectivity index (χ4v) is 1.72. The molecular weight excluding hydrogens is 196 g/mol. The smallest absolute Gasteiger partial charge is 0.317 e. The van der Waals surface area contributed by atoms with Crippen LogP contribution < -0.4 is 0 Å². The number of oxime groups is 1. The van der Waals surface area contributed by atoms with Crippen molar-refractivity contribution in [1.29, 1.82) is 0 Å². The second-order valence-electron chi connectivity index (χ2n) is 3.99. The van der Waals surface area contributed by atoms with Gasteiger partial charge in [-0.1, -0.05) is 5.16 Å². The number of hydrogen-bond acceptors (Lipinski definition) is 4. The second kappa shape index (κ2) is 5.70. The Morgan fingerprint density at radius 1 is 1.60 bits per heavy atom. The maximum absolute atomic E-state index is 10.6. The third-order valence-electron chi connectivity index (χ3n) is 2.35. The van der Waals surface area contributed by atoms with Crippen LogP contribution in [-0.4, -0.2) is 47.4 Å². The van der Waals surface area contributed by atoms with E-state index in [-0.39, 0.29) is 12.6 Å². The maximum Gasteiger partial charge on any atom is 0.317 e. The lowest BCUT2D eigenvalue weighted by atomic mass is 10.2. The number of rotatable bonds is 5. The van der Waals surface area contributed by atoms with Gasteiger partial charge in [-0.05, 0) is 33.2 Å². The van der Waals surface area contributed by atoms with E-state index in [1.807, 2.05) is 18.7 Å². The third-order valence-corrected chi connectivity index (χ3v) is 2.35. The number of hydrogen-bond donors (Lipinski definition) is 1. The summed E-state index contributed by atoms with van der Waals surface area (Å²) in [5, 5.41) is 12.5. The van der Waals surface area contributed by atoms with Crippen molar-refractivity contribution < 1.29 is 14.7 Å². The summed E-state index contributed by atoms with van der Waals surface area (Å²) in [4.78, 5) is 17.7. The molecule has 1 aliphatic rings. The molecule has 0 radical (unpaired) electrons. The lowest BCUT2D eigenvalue weighted by Gasteiger charge is -2.20. The zero-order chi connectivity index (χ0) is 11.3. The van der Waals surface area contributed by atoms with Crippen LogP contribution >= 0.6 is 0 Å². The Morgan fingerprint density at radius 2 is 2.33 bits per heavy atom. The highest BCUT2D eigenvalue weighted by molar-refractivity contribution is 5.78. The Labute approximate surface area is 89.7 Å². The first-order valence-corrected chi connectivity index (χ1v) is 5.18. The van der Waals surface area contributed by atoms with E-state index < -0.39 is 5.97 Å². The quantitative estimate of drug-likeness (QED) is 0.546. The number of carbonyl (C=O) groups is 1. The normalized spacial score (nSPS) is 21.3. The predicted octanol–water partition coefficient (Wildman–Crippen LogP) is 0.948. The molecule has 1 fully saturated rings. The molecular formula is C10H18N2O3. The number of nitrogens with zero attached hydrogens (tertiary/aromatic N) is 2. The van der Waals surface area contributed by atoms with E-state index in [1.165, 1.54) is 0 Å². The molecule has 1 rings (SSSR count). The molecule has 0 amide bonds. The highest BCUT2D eigenvalue weighted by Crippen LogP contribution is 2.16. The minimum absolute atomic E-state index is 0.100. The molecule has 1 N–H and O–H groups in total. The largest absolute Gasteiger partial charge is 0.480 e. The van der Waals surface area contributed by atoms with Gasteiger partial charge in [0.25, 0.3) is 0 Å². The molecule has 1 aliphatic heterocycles. The fraction of sp³-hybridized carbons (Fsp3) is 0.800. The summed E-state index contributed by atoms with van der Waals surface area (Å²) in [6, 6.07) is 0.198. The number of likely N-dealkylation sites (tertiary alicyclic amines) is 1. The van der Waals surface area contributed by atoms with Gasteiger partial charge < -0.3 is 9.94 Å². The first-order valence-electron chi connectivity index (χ1n) is 5.18. The minimum atomic E-state index is -0.780. The van der Waals surface area contributed by atoms with Crippen LogP contribution in [0.15, 0.2) is 5.16 Å². The Bertz CT molecular complexity index is 249. The van der Waals surface area contributed by atoms with Gasteiger partial charge >= 0.3 is 5.97 Å². The molecule has 1 heterocycles. The van der Waals surface area contributed by atoms with Gasteiger partial charge in [0.1, 0.15) is 6.61 Å². The van der Waals surface area contributed by atoms with Gasteiger partial charge in [0.05, 0.1) is 12.3 Å². The molecule has 0 aromatic carbocycles. The summed E-state index contributed by atoms with van der Waals surface area (Å²) in [5.74, 6) is -0.780. The molecule has 0 spiro atoms. The summed E-state index contributed by atoms with van der Waals surface area (Å²) < 4.78 is 0. The topological polar surface area (TPSA) is 62.1 Å².